The summed E-state index contributed by atoms with van der Waals surface area (Å²) in [5, 5.41) is 3.64. The van der Waals surface area contributed by atoms with Crippen molar-refractivity contribution in [3.05, 3.63) is 29.6 Å². The number of likely N-dealkylation sites (tertiary alicyclic amines) is 1. The van der Waals surface area contributed by atoms with Gasteiger partial charge in [0.05, 0.1) is 0 Å². The molecule has 1 aromatic rings. The molecule has 1 saturated heterocycles. The van der Waals surface area contributed by atoms with Gasteiger partial charge in [0, 0.05) is 25.0 Å². The lowest BCUT2D eigenvalue weighted by atomic mass is 10.0. The highest BCUT2D eigenvalue weighted by Gasteiger charge is 2.15. The average molecular weight is 219 g/mol. The Hall–Kier alpha value is -0.930. The van der Waals surface area contributed by atoms with E-state index in [2.05, 4.69) is 35.2 Å². The molecule has 16 heavy (non-hydrogen) atoms. The van der Waals surface area contributed by atoms with Crippen molar-refractivity contribution >= 4 is 0 Å². The zero-order valence-electron chi connectivity index (χ0n) is 10.2. The largest absolute Gasteiger partial charge is 0.310 e. The average Bonchev–Trinajstić information content (AvgIpc) is 2.30. The third-order valence-electron chi connectivity index (χ3n) is 3.44. The van der Waals surface area contributed by atoms with Gasteiger partial charge in [0.25, 0.3) is 0 Å². The Morgan fingerprint density at radius 3 is 2.88 bits per heavy atom. The van der Waals surface area contributed by atoms with Gasteiger partial charge >= 0.3 is 0 Å². The molecule has 0 aromatic carbocycles. The molecule has 1 N–H and O–H groups in total. The van der Waals surface area contributed by atoms with Gasteiger partial charge in [-0.05, 0) is 57.1 Å². The standard InChI is InChI=1S/C13H21N3/c1-11-9-14-6-3-12(11)10-15-13-4-7-16(2)8-5-13/h3,6,9,13,15H,4-5,7-8,10H2,1-2H3. The number of hydrogen-bond acceptors (Lipinski definition) is 3. The number of aromatic nitrogens is 1. The molecular weight excluding hydrogens is 198 g/mol. The Kier molecular flexibility index (Phi) is 3.91. The van der Waals surface area contributed by atoms with E-state index in [9.17, 15) is 0 Å². The van der Waals surface area contributed by atoms with Crippen LogP contribution < -0.4 is 5.32 Å². The predicted octanol–water partition coefficient (Wildman–Crippen LogP) is 1.57. The molecule has 1 aliphatic heterocycles. The van der Waals surface area contributed by atoms with Crippen LogP contribution >= 0.6 is 0 Å². The van der Waals surface area contributed by atoms with Crippen LogP contribution in [0.3, 0.4) is 0 Å². The minimum atomic E-state index is 0.684. The minimum Gasteiger partial charge on any atom is -0.310 e. The molecule has 0 saturated carbocycles. The van der Waals surface area contributed by atoms with Crippen LogP contribution in [-0.2, 0) is 6.54 Å². The van der Waals surface area contributed by atoms with Crippen molar-refractivity contribution in [3.8, 4) is 0 Å². The van der Waals surface area contributed by atoms with E-state index < -0.39 is 0 Å². The molecule has 88 valence electrons. The molecule has 0 amide bonds. The first-order valence-corrected chi connectivity index (χ1v) is 6.07. The van der Waals surface area contributed by atoms with Gasteiger partial charge in [-0.3, -0.25) is 4.98 Å². The molecule has 0 unspecified atom stereocenters. The molecular formula is C13H21N3. The maximum atomic E-state index is 4.12. The van der Waals surface area contributed by atoms with E-state index in [1.807, 2.05) is 12.4 Å². The zero-order valence-corrected chi connectivity index (χ0v) is 10.2. The van der Waals surface area contributed by atoms with Crippen LogP contribution in [0.4, 0.5) is 0 Å². The van der Waals surface area contributed by atoms with Crippen LogP contribution in [0.5, 0.6) is 0 Å². The van der Waals surface area contributed by atoms with Gasteiger partial charge in [0.2, 0.25) is 0 Å². The molecule has 1 fully saturated rings. The van der Waals surface area contributed by atoms with Crippen molar-refractivity contribution in [2.24, 2.45) is 0 Å². The summed E-state index contributed by atoms with van der Waals surface area (Å²) >= 11 is 0. The molecule has 2 rings (SSSR count). The maximum Gasteiger partial charge on any atom is 0.0300 e. The summed E-state index contributed by atoms with van der Waals surface area (Å²) in [5.74, 6) is 0. The van der Waals surface area contributed by atoms with E-state index >= 15 is 0 Å². The Bertz CT molecular complexity index is 330. The lowest BCUT2D eigenvalue weighted by Gasteiger charge is -2.29. The van der Waals surface area contributed by atoms with E-state index in [1.54, 1.807) is 0 Å². The summed E-state index contributed by atoms with van der Waals surface area (Å²) < 4.78 is 0. The number of pyridine rings is 1. The van der Waals surface area contributed by atoms with Gasteiger partial charge in [-0.25, -0.2) is 0 Å². The lowest BCUT2D eigenvalue weighted by Crippen LogP contribution is -2.40. The quantitative estimate of drug-likeness (QED) is 0.836. The Balaban J connectivity index is 1.81. The third-order valence-corrected chi connectivity index (χ3v) is 3.44. The van der Waals surface area contributed by atoms with E-state index in [0.29, 0.717) is 6.04 Å². The molecule has 0 radical (unpaired) electrons. The van der Waals surface area contributed by atoms with Crippen LogP contribution in [0.1, 0.15) is 24.0 Å². The van der Waals surface area contributed by atoms with Crippen molar-refractivity contribution in [3.63, 3.8) is 0 Å². The Labute approximate surface area is 97.9 Å². The van der Waals surface area contributed by atoms with Gasteiger partial charge in [-0.1, -0.05) is 0 Å². The van der Waals surface area contributed by atoms with Gasteiger partial charge in [0.1, 0.15) is 0 Å². The number of nitrogens with zero attached hydrogens (tertiary/aromatic N) is 2. The second-order valence-electron chi connectivity index (χ2n) is 4.76. The molecule has 1 aliphatic rings. The molecule has 0 atom stereocenters. The maximum absolute atomic E-state index is 4.12. The first-order valence-electron chi connectivity index (χ1n) is 6.07. The molecule has 2 heterocycles. The van der Waals surface area contributed by atoms with Gasteiger partial charge in [0.15, 0.2) is 0 Å². The zero-order chi connectivity index (χ0) is 11.4. The van der Waals surface area contributed by atoms with Crippen molar-refractivity contribution in [2.75, 3.05) is 20.1 Å². The summed E-state index contributed by atoms with van der Waals surface area (Å²) in [6, 6.07) is 2.79. The van der Waals surface area contributed by atoms with Crippen molar-refractivity contribution < 1.29 is 0 Å². The molecule has 0 aliphatic carbocycles. The monoisotopic (exact) mass is 219 g/mol. The highest BCUT2D eigenvalue weighted by atomic mass is 15.1. The van der Waals surface area contributed by atoms with E-state index in [1.165, 1.54) is 37.1 Å². The fourth-order valence-electron chi connectivity index (χ4n) is 2.17. The summed E-state index contributed by atoms with van der Waals surface area (Å²) in [7, 11) is 2.20. The van der Waals surface area contributed by atoms with Gasteiger partial charge in [-0.2, -0.15) is 0 Å². The number of piperidine rings is 1. The van der Waals surface area contributed by atoms with Gasteiger partial charge in [-0.15, -0.1) is 0 Å². The molecule has 1 aromatic heterocycles. The van der Waals surface area contributed by atoms with E-state index in [-0.39, 0.29) is 0 Å². The first kappa shape index (κ1) is 11.6. The fourth-order valence-corrected chi connectivity index (χ4v) is 2.17. The van der Waals surface area contributed by atoms with Crippen molar-refractivity contribution in [1.82, 2.24) is 15.2 Å². The smallest absolute Gasteiger partial charge is 0.0300 e. The van der Waals surface area contributed by atoms with Crippen LogP contribution in [-0.4, -0.2) is 36.1 Å². The fraction of sp³-hybridized carbons (Fsp3) is 0.615. The Morgan fingerprint density at radius 2 is 2.19 bits per heavy atom. The van der Waals surface area contributed by atoms with Crippen LogP contribution in [0.25, 0.3) is 0 Å². The molecule has 3 nitrogen and oxygen atoms in total. The van der Waals surface area contributed by atoms with Crippen molar-refractivity contribution in [1.29, 1.82) is 0 Å². The number of aryl methyl sites for hydroxylation is 1. The van der Waals surface area contributed by atoms with Crippen molar-refractivity contribution in [2.45, 2.75) is 32.4 Å². The lowest BCUT2D eigenvalue weighted by molar-refractivity contribution is 0.234. The Morgan fingerprint density at radius 1 is 1.44 bits per heavy atom. The van der Waals surface area contributed by atoms with Crippen LogP contribution in [0.15, 0.2) is 18.5 Å². The molecule has 0 spiro atoms. The number of nitrogens with one attached hydrogen (secondary N) is 1. The van der Waals surface area contributed by atoms with E-state index in [4.69, 9.17) is 0 Å². The van der Waals surface area contributed by atoms with E-state index in [0.717, 1.165) is 6.54 Å². The summed E-state index contributed by atoms with van der Waals surface area (Å²) in [4.78, 5) is 6.51. The van der Waals surface area contributed by atoms with Crippen LogP contribution in [0.2, 0.25) is 0 Å². The first-order chi connectivity index (χ1) is 7.75. The second-order valence-corrected chi connectivity index (χ2v) is 4.76. The third kappa shape index (κ3) is 3.03. The molecule has 0 bridgehead atoms. The van der Waals surface area contributed by atoms with Gasteiger partial charge < -0.3 is 10.2 Å². The number of hydrogen-bond donors (Lipinski definition) is 1. The number of rotatable bonds is 3. The van der Waals surface area contributed by atoms with Crippen LogP contribution in [0, 0.1) is 6.92 Å². The highest BCUT2D eigenvalue weighted by Crippen LogP contribution is 2.10. The highest BCUT2D eigenvalue weighted by molar-refractivity contribution is 5.21. The normalized spacial score (nSPS) is 18.9. The SMILES string of the molecule is Cc1cnccc1CNC1CCN(C)CC1. The summed E-state index contributed by atoms with van der Waals surface area (Å²) in [6.45, 7) is 5.53. The summed E-state index contributed by atoms with van der Waals surface area (Å²) in [6.07, 6.45) is 6.34. The predicted molar refractivity (Wildman–Crippen MR) is 66.3 cm³/mol. The summed E-state index contributed by atoms with van der Waals surface area (Å²) in [5.41, 5.74) is 2.65. The second kappa shape index (κ2) is 5.41. The minimum absolute atomic E-state index is 0.684. The molecule has 3 heteroatoms. The topological polar surface area (TPSA) is 28.2 Å².